The highest BCUT2D eigenvalue weighted by Gasteiger charge is 2.14. The Labute approximate surface area is 115 Å². The van der Waals surface area contributed by atoms with Gasteiger partial charge in [0, 0.05) is 11.5 Å². The number of hydrogen-bond donors (Lipinski definition) is 1. The highest BCUT2D eigenvalue weighted by Crippen LogP contribution is 2.21. The number of anilines is 1. The van der Waals surface area contributed by atoms with Gasteiger partial charge in [0.25, 0.3) is 5.88 Å². The Balaban J connectivity index is 2.15. The fraction of sp³-hybridized carbons (Fsp3) is 0.214. The number of halogens is 1. The molecule has 1 aromatic carbocycles. The molecule has 6 heteroatoms. The fourth-order valence-corrected chi connectivity index (χ4v) is 1.48. The molecule has 0 amide bonds. The van der Waals surface area contributed by atoms with Crippen molar-refractivity contribution in [3.8, 4) is 6.07 Å². The first-order valence-corrected chi connectivity index (χ1v) is 6.06. The molecule has 0 bridgehead atoms. The highest BCUT2D eigenvalue weighted by atomic mass is 19.1. The first-order chi connectivity index (χ1) is 9.61. The van der Waals surface area contributed by atoms with Crippen LogP contribution in [0.1, 0.15) is 36.9 Å². The summed E-state index contributed by atoms with van der Waals surface area (Å²) in [4.78, 5) is 4.03. The Bertz CT molecular complexity index is 670. The van der Waals surface area contributed by atoms with Crippen molar-refractivity contribution in [2.75, 3.05) is 5.43 Å². The van der Waals surface area contributed by atoms with Gasteiger partial charge in [0.1, 0.15) is 11.9 Å². The first kappa shape index (κ1) is 13.7. The maximum Gasteiger partial charge on any atom is 0.252 e. The summed E-state index contributed by atoms with van der Waals surface area (Å²) >= 11 is 0. The van der Waals surface area contributed by atoms with Crippen LogP contribution in [0, 0.1) is 17.1 Å². The van der Waals surface area contributed by atoms with Gasteiger partial charge >= 0.3 is 0 Å². The molecular formula is C14H13FN4O. The second-order valence-electron chi connectivity index (χ2n) is 4.39. The Morgan fingerprint density at radius 3 is 2.85 bits per heavy atom. The summed E-state index contributed by atoms with van der Waals surface area (Å²) in [6, 6.07) is 8.15. The molecule has 0 aliphatic carbocycles. The molecule has 0 atom stereocenters. The van der Waals surface area contributed by atoms with Crippen LogP contribution < -0.4 is 5.43 Å². The lowest BCUT2D eigenvalue weighted by molar-refractivity contribution is 0.481. The lowest BCUT2D eigenvalue weighted by atomic mass is 10.2. The van der Waals surface area contributed by atoms with Gasteiger partial charge in [0.05, 0.1) is 6.21 Å². The molecule has 1 N–H and O–H groups in total. The summed E-state index contributed by atoms with van der Waals surface area (Å²) in [7, 11) is 0. The SMILES string of the molecule is CC(C)c1nc(C#N)c(N/N=C/c2ccccc2F)o1. The molecule has 102 valence electrons. The van der Waals surface area contributed by atoms with Crippen molar-refractivity contribution in [1.29, 1.82) is 5.26 Å². The zero-order valence-electron chi connectivity index (χ0n) is 11.1. The van der Waals surface area contributed by atoms with E-state index in [-0.39, 0.29) is 23.3 Å². The van der Waals surface area contributed by atoms with Crippen LogP contribution in [0.5, 0.6) is 0 Å². The summed E-state index contributed by atoms with van der Waals surface area (Å²) in [5.41, 5.74) is 3.03. The topological polar surface area (TPSA) is 74.2 Å². The molecule has 0 aliphatic rings. The number of benzene rings is 1. The third kappa shape index (κ3) is 3.01. The summed E-state index contributed by atoms with van der Waals surface area (Å²) < 4.78 is 18.7. The maximum absolute atomic E-state index is 13.4. The highest BCUT2D eigenvalue weighted by molar-refractivity contribution is 5.80. The molecule has 0 saturated carbocycles. The van der Waals surface area contributed by atoms with Crippen molar-refractivity contribution in [2.45, 2.75) is 19.8 Å². The lowest BCUT2D eigenvalue weighted by Gasteiger charge is -1.97. The normalized spacial score (nSPS) is 10.9. The van der Waals surface area contributed by atoms with Gasteiger partial charge in [-0.1, -0.05) is 32.0 Å². The second kappa shape index (κ2) is 5.97. The van der Waals surface area contributed by atoms with E-state index >= 15 is 0 Å². The molecule has 5 nitrogen and oxygen atoms in total. The van der Waals surface area contributed by atoms with Crippen LogP contribution in [0.15, 0.2) is 33.8 Å². The number of hydrazone groups is 1. The minimum Gasteiger partial charge on any atom is -0.422 e. The van der Waals surface area contributed by atoms with Crippen LogP contribution >= 0.6 is 0 Å². The van der Waals surface area contributed by atoms with E-state index in [0.29, 0.717) is 11.5 Å². The smallest absolute Gasteiger partial charge is 0.252 e. The van der Waals surface area contributed by atoms with E-state index in [1.807, 2.05) is 19.9 Å². The average molecular weight is 272 g/mol. The third-order valence-electron chi connectivity index (χ3n) is 2.52. The van der Waals surface area contributed by atoms with E-state index < -0.39 is 0 Å². The van der Waals surface area contributed by atoms with Crippen molar-refractivity contribution in [3.63, 3.8) is 0 Å². The number of aromatic nitrogens is 1. The number of oxazole rings is 1. The molecule has 1 aromatic heterocycles. The summed E-state index contributed by atoms with van der Waals surface area (Å²) in [5.74, 6) is 0.293. The molecule has 0 fully saturated rings. The molecule has 1 heterocycles. The number of nitrogens with zero attached hydrogens (tertiary/aromatic N) is 3. The summed E-state index contributed by atoms with van der Waals surface area (Å²) in [6.45, 7) is 3.80. The van der Waals surface area contributed by atoms with E-state index in [1.165, 1.54) is 12.3 Å². The average Bonchev–Trinajstić information content (AvgIpc) is 2.84. The van der Waals surface area contributed by atoms with E-state index in [1.54, 1.807) is 18.2 Å². The second-order valence-corrected chi connectivity index (χ2v) is 4.39. The number of hydrogen-bond acceptors (Lipinski definition) is 5. The Morgan fingerprint density at radius 1 is 1.45 bits per heavy atom. The zero-order valence-corrected chi connectivity index (χ0v) is 11.1. The van der Waals surface area contributed by atoms with Gasteiger partial charge in [-0.2, -0.15) is 10.4 Å². The molecule has 0 radical (unpaired) electrons. The largest absolute Gasteiger partial charge is 0.422 e. The monoisotopic (exact) mass is 272 g/mol. The van der Waals surface area contributed by atoms with Crippen LogP contribution in [0.2, 0.25) is 0 Å². The van der Waals surface area contributed by atoms with Crippen LogP contribution in [0.3, 0.4) is 0 Å². The van der Waals surface area contributed by atoms with Crippen molar-refractivity contribution in [2.24, 2.45) is 5.10 Å². The molecule has 0 unspecified atom stereocenters. The summed E-state index contributed by atoms with van der Waals surface area (Å²) in [5, 5.41) is 12.8. The predicted octanol–water partition coefficient (Wildman–Crippen LogP) is 3.25. The van der Waals surface area contributed by atoms with Gasteiger partial charge in [0.2, 0.25) is 11.6 Å². The van der Waals surface area contributed by atoms with Gasteiger partial charge in [-0.15, -0.1) is 0 Å². The van der Waals surface area contributed by atoms with Crippen molar-refractivity contribution in [1.82, 2.24) is 4.98 Å². The fourth-order valence-electron chi connectivity index (χ4n) is 1.48. The molecule has 0 aliphatic heterocycles. The van der Waals surface area contributed by atoms with Crippen LogP contribution in [0.25, 0.3) is 0 Å². The molecule has 0 spiro atoms. The Morgan fingerprint density at radius 2 is 2.20 bits per heavy atom. The quantitative estimate of drug-likeness (QED) is 0.684. The molecule has 20 heavy (non-hydrogen) atoms. The lowest BCUT2D eigenvalue weighted by Crippen LogP contribution is -1.93. The van der Waals surface area contributed by atoms with Gasteiger partial charge in [-0.05, 0) is 6.07 Å². The standard InChI is InChI=1S/C14H13FN4O/c1-9(2)13-18-12(7-16)14(20-13)19-17-8-10-5-3-4-6-11(10)15/h3-6,8-9,19H,1-2H3/b17-8+. The van der Waals surface area contributed by atoms with Gasteiger partial charge < -0.3 is 4.42 Å². The minimum atomic E-state index is -0.376. The van der Waals surface area contributed by atoms with E-state index in [2.05, 4.69) is 15.5 Å². The Hall–Kier alpha value is -2.68. The number of nitriles is 1. The Kier molecular flexibility index (Phi) is 4.11. The number of rotatable bonds is 4. The predicted molar refractivity (Wildman–Crippen MR) is 72.9 cm³/mol. The van der Waals surface area contributed by atoms with Crippen molar-refractivity contribution in [3.05, 3.63) is 47.2 Å². The maximum atomic E-state index is 13.4. The van der Waals surface area contributed by atoms with Crippen LogP contribution in [0.4, 0.5) is 10.3 Å². The van der Waals surface area contributed by atoms with Gasteiger partial charge in [-0.3, -0.25) is 0 Å². The van der Waals surface area contributed by atoms with Crippen LogP contribution in [-0.2, 0) is 0 Å². The molecule has 2 rings (SSSR count). The van der Waals surface area contributed by atoms with Gasteiger partial charge in [0.15, 0.2) is 0 Å². The van der Waals surface area contributed by atoms with Crippen molar-refractivity contribution >= 4 is 12.1 Å². The zero-order chi connectivity index (χ0) is 14.5. The summed E-state index contributed by atoms with van der Waals surface area (Å²) in [6.07, 6.45) is 1.31. The third-order valence-corrected chi connectivity index (χ3v) is 2.52. The van der Waals surface area contributed by atoms with E-state index in [9.17, 15) is 4.39 Å². The molecule has 0 saturated heterocycles. The first-order valence-electron chi connectivity index (χ1n) is 6.06. The number of nitrogens with one attached hydrogen (secondary N) is 1. The van der Waals surface area contributed by atoms with Crippen LogP contribution in [-0.4, -0.2) is 11.2 Å². The minimum absolute atomic E-state index is 0.0631. The van der Waals surface area contributed by atoms with E-state index in [4.69, 9.17) is 9.68 Å². The van der Waals surface area contributed by atoms with E-state index in [0.717, 1.165) is 0 Å². The van der Waals surface area contributed by atoms with Crippen molar-refractivity contribution < 1.29 is 8.81 Å². The van der Waals surface area contributed by atoms with Gasteiger partial charge in [-0.25, -0.2) is 14.8 Å². The molecular weight excluding hydrogens is 259 g/mol. The molecule has 2 aromatic rings.